The molecule has 2 heterocycles. The van der Waals surface area contributed by atoms with Crippen molar-refractivity contribution in [3.63, 3.8) is 0 Å². The smallest absolute Gasteiger partial charge is 0.370 e. The highest BCUT2D eigenvalue weighted by atomic mass is 35.5. The van der Waals surface area contributed by atoms with Gasteiger partial charge in [0.05, 0.1) is 6.10 Å². The van der Waals surface area contributed by atoms with Crippen LogP contribution in [0.2, 0.25) is 0 Å². The van der Waals surface area contributed by atoms with Crippen molar-refractivity contribution in [2.45, 2.75) is 50.0 Å². The molecular formula is C9H14ClF2NO5S. The van der Waals surface area contributed by atoms with E-state index < -0.39 is 34.8 Å². The molecule has 10 heteroatoms. The van der Waals surface area contributed by atoms with E-state index in [-0.39, 0.29) is 25.2 Å². The standard InChI is InChI=1S/C9H13F2NO5S.ClH/c10-9(11)4-6(5-9)15-7-2-1-3-12-8(7)16-18(13,14)17-12;/h6-8H,1-5H2;1H. The fraction of sp³-hybridized carbons (Fsp3) is 1.00. The molecule has 0 radical (unpaired) electrons. The Labute approximate surface area is 115 Å². The molecule has 0 bridgehead atoms. The first-order valence-corrected chi connectivity index (χ1v) is 7.11. The van der Waals surface area contributed by atoms with Gasteiger partial charge in [-0.2, -0.15) is 12.7 Å². The molecule has 3 fully saturated rings. The van der Waals surface area contributed by atoms with Crippen LogP contribution in [0.5, 0.6) is 0 Å². The maximum absolute atomic E-state index is 12.7. The first-order chi connectivity index (χ1) is 8.35. The summed E-state index contributed by atoms with van der Waals surface area (Å²) in [5.74, 6) is -2.65. The van der Waals surface area contributed by atoms with Crippen molar-refractivity contribution in [1.29, 1.82) is 0 Å². The molecule has 0 aromatic rings. The van der Waals surface area contributed by atoms with Crippen LogP contribution in [-0.4, -0.2) is 44.4 Å². The molecule has 3 rings (SSSR count). The maximum Gasteiger partial charge on any atom is 0.418 e. The van der Waals surface area contributed by atoms with E-state index >= 15 is 0 Å². The van der Waals surface area contributed by atoms with Gasteiger partial charge >= 0.3 is 10.4 Å². The third kappa shape index (κ3) is 3.17. The van der Waals surface area contributed by atoms with E-state index in [1.165, 1.54) is 5.06 Å². The lowest BCUT2D eigenvalue weighted by atomic mass is 9.90. The summed E-state index contributed by atoms with van der Waals surface area (Å²) in [6, 6.07) is 0. The van der Waals surface area contributed by atoms with Gasteiger partial charge in [-0.3, -0.25) is 0 Å². The van der Waals surface area contributed by atoms with E-state index in [0.29, 0.717) is 19.4 Å². The van der Waals surface area contributed by atoms with Crippen LogP contribution in [0.4, 0.5) is 8.78 Å². The number of halogens is 3. The van der Waals surface area contributed by atoms with Crippen molar-refractivity contribution in [1.82, 2.24) is 5.06 Å². The lowest BCUT2D eigenvalue weighted by Crippen LogP contribution is -2.50. The molecule has 0 amide bonds. The number of nitrogens with zero attached hydrogens (tertiary/aromatic N) is 1. The van der Waals surface area contributed by atoms with Gasteiger partial charge in [0.2, 0.25) is 0 Å². The Bertz CT molecular complexity index is 440. The zero-order chi connectivity index (χ0) is 13.0. The molecule has 2 atom stereocenters. The van der Waals surface area contributed by atoms with Gasteiger partial charge < -0.3 is 4.74 Å². The molecule has 0 spiro atoms. The quantitative estimate of drug-likeness (QED) is 0.762. The molecule has 2 saturated heterocycles. The number of hydrogen-bond acceptors (Lipinski definition) is 6. The molecular weight excluding hydrogens is 308 g/mol. The number of rotatable bonds is 2. The minimum atomic E-state index is -4.01. The van der Waals surface area contributed by atoms with Gasteiger partial charge in [-0.25, -0.2) is 13.0 Å². The van der Waals surface area contributed by atoms with E-state index in [2.05, 4.69) is 4.28 Å². The van der Waals surface area contributed by atoms with Crippen LogP contribution in [0.1, 0.15) is 25.7 Å². The number of ether oxygens (including phenoxy) is 1. The zero-order valence-electron chi connectivity index (χ0n) is 9.83. The summed E-state index contributed by atoms with van der Waals surface area (Å²) >= 11 is 0. The summed E-state index contributed by atoms with van der Waals surface area (Å²) in [5, 5.41) is 1.19. The highest BCUT2D eigenvalue weighted by Gasteiger charge is 2.51. The third-order valence-corrected chi connectivity index (χ3v) is 4.10. The van der Waals surface area contributed by atoms with Crippen molar-refractivity contribution >= 4 is 22.8 Å². The number of alkyl halides is 2. The molecule has 112 valence electrons. The summed E-state index contributed by atoms with van der Waals surface area (Å²) in [5.41, 5.74) is 0. The van der Waals surface area contributed by atoms with Gasteiger partial charge in [-0.15, -0.1) is 17.5 Å². The SMILES string of the molecule is Cl.O=S1(=O)OC2C(OC3CC(F)(F)C3)CCCN2O1. The Balaban J connectivity index is 0.00000133. The fourth-order valence-corrected chi connectivity index (χ4v) is 3.32. The van der Waals surface area contributed by atoms with Crippen molar-refractivity contribution in [2.24, 2.45) is 0 Å². The molecule has 1 aliphatic carbocycles. The first-order valence-electron chi connectivity index (χ1n) is 5.77. The molecule has 2 aliphatic heterocycles. The molecule has 6 nitrogen and oxygen atoms in total. The number of fused-ring (bicyclic) bond motifs is 1. The number of hydroxylamine groups is 2. The summed E-state index contributed by atoms with van der Waals surface area (Å²) in [4.78, 5) is 0. The maximum atomic E-state index is 12.7. The van der Waals surface area contributed by atoms with Gasteiger partial charge in [-0.05, 0) is 12.8 Å². The van der Waals surface area contributed by atoms with Crippen molar-refractivity contribution in [3.8, 4) is 0 Å². The summed E-state index contributed by atoms with van der Waals surface area (Å²) < 4.78 is 62.5. The molecule has 3 aliphatic rings. The highest BCUT2D eigenvalue weighted by Crippen LogP contribution is 2.41. The van der Waals surface area contributed by atoms with Gasteiger partial charge in [0, 0.05) is 19.4 Å². The molecule has 0 aromatic carbocycles. The number of piperidine rings is 1. The van der Waals surface area contributed by atoms with E-state index in [9.17, 15) is 17.2 Å². The topological polar surface area (TPSA) is 65.1 Å². The van der Waals surface area contributed by atoms with Crippen LogP contribution in [0.15, 0.2) is 0 Å². The average Bonchev–Trinajstić information content (AvgIpc) is 2.50. The van der Waals surface area contributed by atoms with Crippen LogP contribution in [0, 0.1) is 0 Å². The predicted molar refractivity (Wildman–Crippen MR) is 60.9 cm³/mol. The molecule has 19 heavy (non-hydrogen) atoms. The van der Waals surface area contributed by atoms with Gasteiger partial charge in [0.1, 0.15) is 6.10 Å². The average molecular weight is 322 g/mol. The van der Waals surface area contributed by atoms with E-state index in [1.54, 1.807) is 0 Å². The minimum Gasteiger partial charge on any atom is -0.370 e. The van der Waals surface area contributed by atoms with E-state index in [1.807, 2.05) is 0 Å². The third-order valence-electron chi connectivity index (χ3n) is 3.29. The lowest BCUT2D eigenvalue weighted by Gasteiger charge is -2.40. The van der Waals surface area contributed by atoms with Crippen LogP contribution in [-0.2, 0) is 23.6 Å². The van der Waals surface area contributed by atoms with Crippen molar-refractivity contribution in [2.75, 3.05) is 6.54 Å². The van der Waals surface area contributed by atoms with Crippen LogP contribution < -0.4 is 0 Å². The van der Waals surface area contributed by atoms with Gasteiger partial charge in [0.15, 0.2) is 6.23 Å². The second-order valence-corrected chi connectivity index (χ2v) is 5.97. The Morgan fingerprint density at radius 1 is 1.32 bits per heavy atom. The van der Waals surface area contributed by atoms with Crippen molar-refractivity contribution in [3.05, 3.63) is 0 Å². The Morgan fingerprint density at radius 3 is 2.63 bits per heavy atom. The highest BCUT2D eigenvalue weighted by molar-refractivity contribution is 7.82. The Kier molecular flexibility index (Phi) is 4.07. The summed E-state index contributed by atoms with van der Waals surface area (Å²) in [7, 11) is -4.01. The summed E-state index contributed by atoms with van der Waals surface area (Å²) in [6.45, 7) is 0.421. The van der Waals surface area contributed by atoms with Gasteiger partial charge in [0.25, 0.3) is 5.92 Å². The largest absolute Gasteiger partial charge is 0.418 e. The molecule has 0 aromatic heterocycles. The number of hydrogen-bond donors (Lipinski definition) is 0. The first kappa shape index (κ1) is 15.3. The normalized spacial score (nSPS) is 37.2. The van der Waals surface area contributed by atoms with E-state index in [0.717, 1.165) is 0 Å². The molecule has 2 unspecified atom stereocenters. The van der Waals surface area contributed by atoms with Crippen LogP contribution >= 0.6 is 12.4 Å². The zero-order valence-corrected chi connectivity index (χ0v) is 11.5. The fourth-order valence-electron chi connectivity index (χ4n) is 2.43. The molecule has 1 saturated carbocycles. The van der Waals surface area contributed by atoms with Crippen molar-refractivity contribution < 1.29 is 30.4 Å². The minimum absolute atomic E-state index is 0. The molecule has 0 N–H and O–H groups in total. The lowest BCUT2D eigenvalue weighted by molar-refractivity contribution is -0.232. The summed E-state index contributed by atoms with van der Waals surface area (Å²) in [6.07, 6.45) is -1.31. The second kappa shape index (κ2) is 5.05. The van der Waals surface area contributed by atoms with E-state index in [4.69, 9.17) is 8.92 Å². The predicted octanol–water partition coefficient (Wildman–Crippen LogP) is 1.22. The second-order valence-electron chi connectivity index (χ2n) is 4.81. The van der Waals surface area contributed by atoms with Crippen LogP contribution in [0.25, 0.3) is 0 Å². The monoisotopic (exact) mass is 321 g/mol. The Morgan fingerprint density at radius 2 is 2.00 bits per heavy atom. The van der Waals surface area contributed by atoms with Gasteiger partial charge in [-0.1, -0.05) is 0 Å². The Hall–Kier alpha value is -0.0600. The van der Waals surface area contributed by atoms with Crippen LogP contribution in [0.3, 0.4) is 0 Å².